The lowest BCUT2D eigenvalue weighted by Gasteiger charge is -2.11. The molecule has 5 nitrogen and oxygen atoms in total. The minimum absolute atomic E-state index is 0.618. The number of nitrogens with zero attached hydrogens (tertiary/aromatic N) is 4. The Bertz CT molecular complexity index is 3220. The summed E-state index contributed by atoms with van der Waals surface area (Å²) in [6.45, 7) is 0. The van der Waals surface area contributed by atoms with E-state index in [0.717, 1.165) is 82.8 Å². The number of benzene rings is 8. The molecule has 8 aromatic carbocycles. The molecule has 0 aliphatic rings. The summed E-state index contributed by atoms with van der Waals surface area (Å²) in [6, 6.07) is 67.5. The molecule has 0 N–H and O–H groups in total. The number of furan rings is 1. The van der Waals surface area contributed by atoms with Gasteiger partial charge in [-0.2, -0.15) is 0 Å². The van der Waals surface area contributed by atoms with E-state index in [1.165, 1.54) is 5.56 Å². The summed E-state index contributed by atoms with van der Waals surface area (Å²) in [5.41, 5.74) is 12.4. The van der Waals surface area contributed by atoms with Crippen LogP contribution in [-0.4, -0.2) is 19.5 Å². The first-order valence-electron chi connectivity index (χ1n) is 18.8. The third-order valence-corrected chi connectivity index (χ3v) is 10.7. The maximum Gasteiger partial charge on any atom is 0.164 e. The van der Waals surface area contributed by atoms with Crippen LogP contribution < -0.4 is 0 Å². The van der Waals surface area contributed by atoms with E-state index in [4.69, 9.17) is 19.4 Å². The molecule has 262 valence electrons. The second kappa shape index (κ2) is 13.0. The van der Waals surface area contributed by atoms with Crippen LogP contribution in [0.4, 0.5) is 0 Å². The molecule has 11 aromatic rings. The average molecular weight is 717 g/mol. The molecule has 0 aliphatic carbocycles. The molecule has 0 saturated carbocycles. The van der Waals surface area contributed by atoms with E-state index in [-0.39, 0.29) is 0 Å². The van der Waals surface area contributed by atoms with Crippen LogP contribution in [0, 0.1) is 0 Å². The molecule has 0 radical (unpaired) electrons. The molecular weight excluding hydrogens is 685 g/mol. The predicted molar refractivity (Wildman–Crippen MR) is 229 cm³/mol. The molecule has 0 saturated heterocycles. The van der Waals surface area contributed by atoms with Gasteiger partial charge in [-0.15, -0.1) is 0 Å². The molecule has 0 fully saturated rings. The SMILES string of the molecule is c1ccc(-c2ccc(-c3nc(-c4ccccc4)nc(-c4ccc5c6cc(-c7ccc8c(c7)oc7ccccc78)ccc6n(-c6ccccc6)c5c4)n3)cc2)cc1. The largest absolute Gasteiger partial charge is 0.456 e. The van der Waals surface area contributed by atoms with Crippen molar-refractivity contribution >= 4 is 43.7 Å². The molecular formula is C51H32N4O. The molecule has 0 amide bonds. The normalized spacial score (nSPS) is 11.6. The maximum atomic E-state index is 6.27. The molecule has 3 heterocycles. The lowest BCUT2D eigenvalue weighted by atomic mass is 10.0. The summed E-state index contributed by atoms with van der Waals surface area (Å²) < 4.78 is 8.60. The van der Waals surface area contributed by atoms with Gasteiger partial charge in [-0.1, -0.05) is 146 Å². The van der Waals surface area contributed by atoms with Crippen LogP contribution in [0.15, 0.2) is 199 Å². The van der Waals surface area contributed by atoms with Gasteiger partial charge < -0.3 is 8.98 Å². The predicted octanol–water partition coefficient (Wildman–Crippen LogP) is 13.2. The van der Waals surface area contributed by atoms with Crippen LogP contribution in [-0.2, 0) is 0 Å². The monoisotopic (exact) mass is 716 g/mol. The zero-order chi connectivity index (χ0) is 37.0. The first kappa shape index (κ1) is 31.9. The third-order valence-electron chi connectivity index (χ3n) is 10.7. The van der Waals surface area contributed by atoms with Crippen molar-refractivity contribution in [2.75, 3.05) is 0 Å². The van der Waals surface area contributed by atoms with Crippen LogP contribution in [0.5, 0.6) is 0 Å². The molecule has 0 bridgehead atoms. The number of para-hydroxylation sites is 2. The van der Waals surface area contributed by atoms with E-state index >= 15 is 0 Å². The van der Waals surface area contributed by atoms with Crippen molar-refractivity contribution in [1.82, 2.24) is 19.5 Å². The Morgan fingerprint density at radius 3 is 1.55 bits per heavy atom. The number of fused-ring (bicyclic) bond motifs is 6. The van der Waals surface area contributed by atoms with Gasteiger partial charge >= 0.3 is 0 Å². The van der Waals surface area contributed by atoms with Gasteiger partial charge in [0.1, 0.15) is 11.2 Å². The van der Waals surface area contributed by atoms with Crippen LogP contribution in [0.2, 0.25) is 0 Å². The summed E-state index contributed by atoms with van der Waals surface area (Å²) in [6.07, 6.45) is 0. The van der Waals surface area contributed by atoms with E-state index in [1.54, 1.807) is 0 Å². The number of aromatic nitrogens is 4. The highest BCUT2D eigenvalue weighted by molar-refractivity contribution is 6.12. The molecule has 0 unspecified atom stereocenters. The zero-order valence-electron chi connectivity index (χ0n) is 30.2. The fraction of sp³-hybridized carbons (Fsp3) is 0. The topological polar surface area (TPSA) is 56.7 Å². The van der Waals surface area contributed by atoms with E-state index in [9.17, 15) is 0 Å². The first-order chi connectivity index (χ1) is 27.7. The Labute approximate surface area is 322 Å². The highest BCUT2D eigenvalue weighted by Gasteiger charge is 2.18. The quantitative estimate of drug-likeness (QED) is 0.172. The fourth-order valence-electron chi connectivity index (χ4n) is 7.89. The number of rotatable bonds is 6. The van der Waals surface area contributed by atoms with Gasteiger partial charge in [-0.25, -0.2) is 15.0 Å². The first-order valence-corrected chi connectivity index (χ1v) is 18.8. The third kappa shape index (κ3) is 5.45. The lowest BCUT2D eigenvalue weighted by molar-refractivity contribution is 0.669. The van der Waals surface area contributed by atoms with Gasteiger partial charge in [0.25, 0.3) is 0 Å². The van der Waals surface area contributed by atoms with Crippen molar-refractivity contribution in [3.8, 4) is 62.1 Å². The van der Waals surface area contributed by atoms with Gasteiger partial charge in [0.2, 0.25) is 0 Å². The lowest BCUT2D eigenvalue weighted by Crippen LogP contribution is -2.00. The van der Waals surface area contributed by atoms with E-state index in [0.29, 0.717) is 17.5 Å². The Hall–Kier alpha value is -7.63. The molecule has 5 heteroatoms. The van der Waals surface area contributed by atoms with Crippen molar-refractivity contribution in [3.63, 3.8) is 0 Å². The zero-order valence-corrected chi connectivity index (χ0v) is 30.2. The second-order valence-electron chi connectivity index (χ2n) is 14.1. The molecule has 3 aromatic heterocycles. The average Bonchev–Trinajstić information content (AvgIpc) is 3.82. The minimum atomic E-state index is 0.618. The Morgan fingerprint density at radius 2 is 0.804 bits per heavy atom. The molecule has 0 aliphatic heterocycles. The van der Waals surface area contributed by atoms with Crippen molar-refractivity contribution in [1.29, 1.82) is 0 Å². The van der Waals surface area contributed by atoms with Crippen LogP contribution in [0.3, 0.4) is 0 Å². The highest BCUT2D eigenvalue weighted by atomic mass is 16.3. The van der Waals surface area contributed by atoms with Crippen molar-refractivity contribution in [2.24, 2.45) is 0 Å². The summed E-state index contributed by atoms with van der Waals surface area (Å²) in [7, 11) is 0. The smallest absolute Gasteiger partial charge is 0.164 e. The van der Waals surface area contributed by atoms with Crippen LogP contribution >= 0.6 is 0 Å². The molecule has 0 atom stereocenters. The number of hydrogen-bond donors (Lipinski definition) is 0. The summed E-state index contributed by atoms with van der Waals surface area (Å²) in [4.78, 5) is 15.2. The van der Waals surface area contributed by atoms with Crippen molar-refractivity contribution in [2.45, 2.75) is 0 Å². The summed E-state index contributed by atoms with van der Waals surface area (Å²) in [5.74, 6) is 1.88. The molecule has 56 heavy (non-hydrogen) atoms. The minimum Gasteiger partial charge on any atom is -0.456 e. The van der Waals surface area contributed by atoms with Crippen LogP contribution in [0.25, 0.3) is 106 Å². The van der Waals surface area contributed by atoms with Crippen molar-refractivity contribution < 1.29 is 4.42 Å². The standard InChI is InChI=1S/C51H32N4O/c1-4-12-33(13-5-1)34-20-22-36(23-21-34)50-52-49(35-14-6-2-7-15-35)53-51(54-50)39-25-27-41-44-30-37(26-29-45(44)55(46(41)31-39)40-16-8-3-9-17-40)38-24-28-43-42-18-10-11-19-47(42)56-48(43)32-38/h1-32H. The molecule has 11 rings (SSSR count). The van der Waals surface area contributed by atoms with E-state index in [2.05, 4.69) is 150 Å². The summed E-state index contributed by atoms with van der Waals surface area (Å²) >= 11 is 0. The Morgan fingerprint density at radius 1 is 0.304 bits per heavy atom. The van der Waals surface area contributed by atoms with Gasteiger partial charge in [0.05, 0.1) is 11.0 Å². The van der Waals surface area contributed by atoms with Crippen LogP contribution in [0.1, 0.15) is 0 Å². The van der Waals surface area contributed by atoms with Gasteiger partial charge in [0.15, 0.2) is 17.5 Å². The van der Waals surface area contributed by atoms with Crippen molar-refractivity contribution in [3.05, 3.63) is 194 Å². The fourth-order valence-corrected chi connectivity index (χ4v) is 7.89. The summed E-state index contributed by atoms with van der Waals surface area (Å²) in [5, 5.41) is 4.57. The Balaban J connectivity index is 1.07. The van der Waals surface area contributed by atoms with Gasteiger partial charge in [-0.3, -0.25) is 0 Å². The van der Waals surface area contributed by atoms with Gasteiger partial charge in [-0.05, 0) is 70.8 Å². The number of hydrogen-bond acceptors (Lipinski definition) is 4. The molecule has 0 spiro atoms. The second-order valence-corrected chi connectivity index (χ2v) is 14.1. The maximum absolute atomic E-state index is 6.27. The highest BCUT2D eigenvalue weighted by Crippen LogP contribution is 2.39. The Kier molecular flexibility index (Phi) is 7.42. The van der Waals surface area contributed by atoms with E-state index < -0.39 is 0 Å². The van der Waals surface area contributed by atoms with Gasteiger partial charge in [0, 0.05) is 43.9 Å². The van der Waals surface area contributed by atoms with E-state index in [1.807, 2.05) is 48.5 Å².